The number of carbonyl (C=O) groups is 1. The van der Waals surface area contributed by atoms with Gasteiger partial charge >= 0.3 is 0 Å². The molecule has 0 unspecified atom stereocenters. The van der Waals surface area contributed by atoms with Gasteiger partial charge in [-0.15, -0.1) is 0 Å². The molecule has 3 heteroatoms. The molecule has 1 N–H and O–H groups in total. The van der Waals surface area contributed by atoms with Gasteiger partial charge in [0.25, 0.3) is 0 Å². The average Bonchev–Trinajstić information content (AvgIpc) is 2.49. The second kappa shape index (κ2) is 8.15. The highest BCUT2D eigenvalue weighted by atomic mass is 16.3. The van der Waals surface area contributed by atoms with Crippen molar-refractivity contribution in [3.63, 3.8) is 0 Å². The molecule has 0 amide bonds. The van der Waals surface area contributed by atoms with Crippen LogP contribution in [0.1, 0.15) is 68.3 Å². The van der Waals surface area contributed by atoms with E-state index >= 15 is 0 Å². The third kappa shape index (κ3) is 5.04. The lowest BCUT2D eigenvalue weighted by molar-refractivity contribution is 0.0856. The Balaban J connectivity index is 1.64. The molecule has 0 bridgehead atoms. The SMILES string of the molecule is O=C(C[C@@H](O)CCCC1CCCCC1)c1ccccn1. The number of Topliss-reactive ketones (excluding diaryl/α,β-unsaturated/α-hetero) is 1. The summed E-state index contributed by atoms with van der Waals surface area (Å²) in [6, 6.07) is 5.30. The van der Waals surface area contributed by atoms with Gasteiger partial charge in [-0.1, -0.05) is 51.0 Å². The van der Waals surface area contributed by atoms with Gasteiger partial charge < -0.3 is 5.11 Å². The van der Waals surface area contributed by atoms with Crippen molar-refractivity contribution in [1.29, 1.82) is 0 Å². The van der Waals surface area contributed by atoms with E-state index in [2.05, 4.69) is 4.98 Å². The van der Waals surface area contributed by atoms with Crippen LogP contribution in [0.4, 0.5) is 0 Å². The normalized spacial score (nSPS) is 17.9. The first-order valence-electron chi connectivity index (χ1n) is 7.88. The van der Waals surface area contributed by atoms with E-state index in [-0.39, 0.29) is 12.2 Å². The van der Waals surface area contributed by atoms with Gasteiger partial charge in [0.2, 0.25) is 0 Å². The van der Waals surface area contributed by atoms with Crippen molar-refractivity contribution in [2.45, 2.75) is 63.9 Å². The minimum atomic E-state index is -0.520. The molecule has 20 heavy (non-hydrogen) atoms. The van der Waals surface area contributed by atoms with Crippen LogP contribution in [0.2, 0.25) is 0 Å². The Morgan fingerprint density at radius 1 is 1.30 bits per heavy atom. The number of aliphatic hydroxyl groups is 1. The van der Waals surface area contributed by atoms with Gasteiger partial charge in [0.15, 0.2) is 5.78 Å². The number of nitrogens with zero attached hydrogens (tertiary/aromatic N) is 1. The standard InChI is InChI=1S/C17H25NO2/c19-15(10-6-9-14-7-2-1-3-8-14)13-17(20)16-11-4-5-12-18-16/h4-5,11-12,14-15,19H,1-3,6-10,13H2/t15-/m0/s1. The highest BCUT2D eigenvalue weighted by Crippen LogP contribution is 2.28. The summed E-state index contributed by atoms with van der Waals surface area (Å²) in [7, 11) is 0. The molecule has 1 saturated carbocycles. The monoisotopic (exact) mass is 275 g/mol. The lowest BCUT2D eigenvalue weighted by atomic mass is 9.85. The minimum Gasteiger partial charge on any atom is -0.393 e. The number of ketones is 1. The summed E-state index contributed by atoms with van der Waals surface area (Å²) in [5, 5.41) is 9.96. The van der Waals surface area contributed by atoms with Gasteiger partial charge in [0, 0.05) is 12.6 Å². The fourth-order valence-electron chi connectivity index (χ4n) is 3.07. The first kappa shape index (κ1) is 15.2. The van der Waals surface area contributed by atoms with Crippen molar-refractivity contribution in [1.82, 2.24) is 4.98 Å². The molecule has 1 atom stereocenters. The maximum absolute atomic E-state index is 11.9. The molecule has 1 aliphatic rings. The number of rotatable bonds is 7. The summed E-state index contributed by atoms with van der Waals surface area (Å²) in [5.74, 6) is 0.790. The Morgan fingerprint density at radius 3 is 2.80 bits per heavy atom. The number of carbonyl (C=O) groups excluding carboxylic acids is 1. The van der Waals surface area contributed by atoms with Crippen LogP contribution < -0.4 is 0 Å². The Hall–Kier alpha value is -1.22. The second-order valence-electron chi connectivity index (χ2n) is 5.93. The highest BCUT2D eigenvalue weighted by Gasteiger charge is 2.16. The molecule has 1 aromatic rings. The predicted molar refractivity (Wildman–Crippen MR) is 79.6 cm³/mol. The summed E-state index contributed by atoms with van der Waals surface area (Å²) in [6.45, 7) is 0. The van der Waals surface area contributed by atoms with Gasteiger partial charge in [0.1, 0.15) is 5.69 Å². The summed E-state index contributed by atoms with van der Waals surface area (Å²) < 4.78 is 0. The van der Waals surface area contributed by atoms with Crippen molar-refractivity contribution in [2.75, 3.05) is 0 Å². The number of hydrogen-bond acceptors (Lipinski definition) is 3. The van der Waals surface area contributed by atoms with E-state index in [1.54, 1.807) is 24.4 Å². The molecule has 3 nitrogen and oxygen atoms in total. The van der Waals surface area contributed by atoms with Crippen LogP contribution in [0.15, 0.2) is 24.4 Å². The molecular formula is C17H25NO2. The zero-order chi connectivity index (χ0) is 14.2. The lowest BCUT2D eigenvalue weighted by Crippen LogP contribution is -2.15. The van der Waals surface area contributed by atoms with Crippen LogP contribution in [-0.2, 0) is 0 Å². The summed E-state index contributed by atoms with van der Waals surface area (Å²) in [5.41, 5.74) is 0.457. The van der Waals surface area contributed by atoms with Crippen LogP contribution in [0.3, 0.4) is 0 Å². The van der Waals surface area contributed by atoms with Crippen LogP contribution in [-0.4, -0.2) is 22.0 Å². The molecule has 110 valence electrons. The van der Waals surface area contributed by atoms with Crippen molar-refractivity contribution in [3.05, 3.63) is 30.1 Å². The van der Waals surface area contributed by atoms with Crippen molar-refractivity contribution >= 4 is 5.78 Å². The number of hydrogen-bond donors (Lipinski definition) is 1. The van der Waals surface area contributed by atoms with E-state index in [9.17, 15) is 9.90 Å². The summed E-state index contributed by atoms with van der Waals surface area (Å²) in [6.07, 6.45) is 11.1. The highest BCUT2D eigenvalue weighted by molar-refractivity contribution is 5.94. The number of aliphatic hydroxyl groups excluding tert-OH is 1. The zero-order valence-corrected chi connectivity index (χ0v) is 12.1. The summed E-state index contributed by atoms with van der Waals surface area (Å²) in [4.78, 5) is 15.9. The van der Waals surface area contributed by atoms with E-state index in [0.717, 1.165) is 18.8 Å². The largest absolute Gasteiger partial charge is 0.393 e. The molecule has 0 radical (unpaired) electrons. The number of aromatic nitrogens is 1. The van der Waals surface area contributed by atoms with E-state index in [1.165, 1.54) is 38.5 Å². The van der Waals surface area contributed by atoms with Gasteiger partial charge in [-0.2, -0.15) is 0 Å². The molecule has 0 aromatic carbocycles. The van der Waals surface area contributed by atoms with Crippen molar-refractivity contribution < 1.29 is 9.90 Å². The molecular weight excluding hydrogens is 250 g/mol. The van der Waals surface area contributed by atoms with Gasteiger partial charge in [-0.25, -0.2) is 0 Å². The topological polar surface area (TPSA) is 50.2 Å². The van der Waals surface area contributed by atoms with Crippen molar-refractivity contribution in [2.24, 2.45) is 5.92 Å². The summed E-state index contributed by atoms with van der Waals surface area (Å²) >= 11 is 0. The van der Waals surface area contributed by atoms with Crippen molar-refractivity contribution in [3.8, 4) is 0 Å². The minimum absolute atomic E-state index is 0.0595. The van der Waals surface area contributed by atoms with E-state index in [1.807, 2.05) is 0 Å². The average molecular weight is 275 g/mol. The zero-order valence-electron chi connectivity index (χ0n) is 12.1. The first-order valence-corrected chi connectivity index (χ1v) is 7.88. The molecule has 1 aliphatic carbocycles. The fourth-order valence-corrected chi connectivity index (χ4v) is 3.07. The molecule has 2 rings (SSSR count). The van der Waals surface area contributed by atoms with E-state index < -0.39 is 6.10 Å². The van der Waals surface area contributed by atoms with Crippen LogP contribution in [0, 0.1) is 5.92 Å². The Labute approximate surface area is 121 Å². The lowest BCUT2D eigenvalue weighted by Gasteiger charge is -2.21. The third-order valence-corrected chi connectivity index (χ3v) is 4.25. The van der Waals surface area contributed by atoms with Crippen LogP contribution in [0.5, 0.6) is 0 Å². The molecule has 1 fully saturated rings. The van der Waals surface area contributed by atoms with Crippen LogP contribution in [0.25, 0.3) is 0 Å². The molecule has 1 heterocycles. The molecule has 1 aromatic heterocycles. The Bertz CT molecular complexity index is 399. The van der Waals surface area contributed by atoms with E-state index in [4.69, 9.17) is 0 Å². The smallest absolute Gasteiger partial charge is 0.183 e. The van der Waals surface area contributed by atoms with E-state index in [0.29, 0.717) is 5.69 Å². The van der Waals surface area contributed by atoms with Gasteiger partial charge in [-0.05, 0) is 24.5 Å². The van der Waals surface area contributed by atoms with Gasteiger partial charge in [-0.3, -0.25) is 9.78 Å². The fraction of sp³-hybridized carbons (Fsp3) is 0.647. The second-order valence-corrected chi connectivity index (χ2v) is 5.93. The molecule has 0 spiro atoms. The van der Waals surface area contributed by atoms with Crippen LogP contribution >= 0.6 is 0 Å². The Kier molecular flexibility index (Phi) is 6.19. The van der Waals surface area contributed by atoms with Gasteiger partial charge in [0.05, 0.1) is 6.10 Å². The maximum Gasteiger partial charge on any atom is 0.183 e. The number of pyridine rings is 1. The molecule has 0 aliphatic heterocycles. The Morgan fingerprint density at radius 2 is 2.10 bits per heavy atom. The predicted octanol–water partition coefficient (Wildman–Crippen LogP) is 3.77. The quantitative estimate of drug-likeness (QED) is 0.771. The molecule has 0 saturated heterocycles. The maximum atomic E-state index is 11.9. The first-order chi connectivity index (χ1) is 9.75. The third-order valence-electron chi connectivity index (χ3n) is 4.25.